The van der Waals surface area contributed by atoms with Gasteiger partial charge in [-0.3, -0.25) is 9.59 Å². The molecule has 0 unspecified atom stereocenters. The monoisotopic (exact) mass is 229 g/mol. The molecule has 0 saturated heterocycles. The standard InChI is InChI=1S/C12H7NO2S/c14-5-7-6-16-12-8-3-1-2-4-9(8)13-10(12)11(7)15/h1-6,13H. The van der Waals surface area contributed by atoms with Gasteiger partial charge < -0.3 is 4.98 Å². The number of aldehydes is 1. The highest BCUT2D eigenvalue weighted by atomic mass is 32.1. The highest BCUT2D eigenvalue weighted by Gasteiger charge is 2.09. The number of benzene rings is 1. The van der Waals surface area contributed by atoms with Gasteiger partial charge in [-0.2, -0.15) is 0 Å². The molecule has 0 saturated carbocycles. The maximum atomic E-state index is 11.9. The Morgan fingerprint density at radius 2 is 2.06 bits per heavy atom. The minimum atomic E-state index is -0.222. The number of hydrogen-bond donors (Lipinski definition) is 1. The van der Waals surface area contributed by atoms with Crippen LogP contribution in [0.1, 0.15) is 10.4 Å². The van der Waals surface area contributed by atoms with Gasteiger partial charge in [0.15, 0.2) is 6.29 Å². The van der Waals surface area contributed by atoms with E-state index in [0.717, 1.165) is 15.6 Å². The number of H-pyrrole nitrogens is 1. The highest BCUT2D eigenvalue weighted by Crippen LogP contribution is 2.26. The molecule has 0 spiro atoms. The van der Waals surface area contributed by atoms with E-state index in [1.807, 2.05) is 24.3 Å². The van der Waals surface area contributed by atoms with Gasteiger partial charge in [0, 0.05) is 16.3 Å². The second kappa shape index (κ2) is 3.28. The van der Waals surface area contributed by atoms with Crippen LogP contribution < -0.4 is 5.43 Å². The van der Waals surface area contributed by atoms with E-state index >= 15 is 0 Å². The van der Waals surface area contributed by atoms with Gasteiger partial charge in [-0.15, -0.1) is 11.3 Å². The van der Waals surface area contributed by atoms with Crippen LogP contribution in [-0.4, -0.2) is 11.3 Å². The van der Waals surface area contributed by atoms with Crippen LogP contribution in [0.25, 0.3) is 21.1 Å². The van der Waals surface area contributed by atoms with Crippen molar-refractivity contribution in [3.8, 4) is 0 Å². The molecule has 3 aromatic rings. The molecule has 3 rings (SSSR count). The molecule has 2 aromatic heterocycles. The molecular weight excluding hydrogens is 222 g/mol. The Morgan fingerprint density at radius 3 is 2.88 bits per heavy atom. The summed E-state index contributed by atoms with van der Waals surface area (Å²) in [5.74, 6) is 0. The van der Waals surface area contributed by atoms with Crippen molar-refractivity contribution >= 4 is 38.7 Å². The first kappa shape index (κ1) is 9.30. The molecule has 1 N–H and O–H groups in total. The summed E-state index contributed by atoms with van der Waals surface area (Å²) in [6.45, 7) is 0. The number of rotatable bonds is 1. The fourth-order valence-corrected chi connectivity index (χ4v) is 2.77. The third-order valence-electron chi connectivity index (χ3n) is 2.58. The predicted molar refractivity (Wildman–Crippen MR) is 65.3 cm³/mol. The fourth-order valence-electron chi connectivity index (χ4n) is 1.80. The molecule has 0 atom stereocenters. The van der Waals surface area contributed by atoms with E-state index in [4.69, 9.17) is 0 Å². The number of para-hydroxylation sites is 1. The van der Waals surface area contributed by atoms with E-state index in [1.54, 1.807) is 5.38 Å². The molecule has 4 heteroatoms. The third-order valence-corrected chi connectivity index (χ3v) is 3.61. The molecule has 78 valence electrons. The van der Waals surface area contributed by atoms with Crippen LogP contribution in [0.15, 0.2) is 34.4 Å². The van der Waals surface area contributed by atoms with Crippen LogP contribution in [0.2, 0.25) is 0 Å². The van der Waals surface area contributed by atoms with Crippen molar-refractivity contribution in [2.75, 3.05) is 0 Å². The number of aromatic nitrogens is 1. The van der Waals surface area contributed by atoms with Crippen molar-refractivity contribution in [2.24, 2.45) is 0 Å². The van der Waals surface area contributed by atoms with Crippen molar-refractivity contribution in [1.82, 2.24) is 4.98 Å². The van der Waals surface area contributed by atoms with E-state index < -0.39 is 0 Å². The number of carbonyl (C=O) groups excluding carboxylic acids is 1. The van der Waals surface area contributed by atoms with E-state index in [9.17, 15) is 9.59 Å². The van der Waals surface area contributed by atoms with E-state index in [1.165, 1.54) is 11.3 Å². The van der Waals surface area contributed by atoms with Crippen LogP contribution in [0, 0.1) is 0 Å². The molecule has 0 fully saturated rings. The summed E-state index contributed by atoms with van der Waals surface area (Å²) in [5.41, 5.74) is 1.44. The largest absolute Gasteiger partial charge is 0.351 e. The lowest BCUT2D eigenvalue weighted by Gasteiger charge is -1.90. The Kier molecular flexibility index (Phi) is 1.91. The molecular formula is C12H7NO2S. The molecule has 0 aliphatic heterocycles. The average molecular weight is 229 g/mol. The van der Waals surface area contributed by atoms with Gasteiger partial charge in [-0.05, 0) is 6.07 Å². The smallest absolute Gasteiger partial charge is 0.214 e. The van der Waals surface area contributed by atoms with Crippen LogP contribution in [0.4, 0.5) is 0 Å². The van der Waals surface area contributed by atoms with Crippen LogP contribution >= 0.6 is 11.3 Å². The normalized spacial score (nSPS) is 11.0. The van der Waals surface area contributed by atoms with Gasteiger partial charge >= 0.3 is 0 Å². The van der Waals surface area contributed by atoms with Gasteiger partial charge in [0.1, 0.15) is 5.52 Å². The minimum absolute atomic E-state index is 0.212. The number of carbonyl (C=O) groups is 1. The van der Waals surface area contributed by atoms with Crippen LogP contribution in [0.3, 0.4) is 0 Å². The van der Waals surface area contributed by atoms with Crippen LogP contribution in [0.5, 0.6) is 0 Å². The van der Waals surface area contributed by atoms with Crippen molar-refractivity contribution in [1.29, 1.82) is 0 Å². The topological polar surface area (TPSA) is 49.9 Å². The molecule has 0 bridgehead atoms. The van der Waals surface area contributed by atoms with Gasteiger partial charge in [-0.25, -0.2) is 0 Å². The van der Waals surface area contributed by atoms with Crippen molar-refractivity contribution < 1.29 is 4.79 Å². The maximum Gasteiger partial charge on any atom is 0.214 e. The van der Waals surface area contributed by atoms with E-state index in [0.29, 0.717) is 11.8 Å². The first-order valence-corrected chi connectivity index (χ1v) is 5.66. The SMILES string of the molecule is O=Cc1csc2c([nH]c3ccccc32)c1=O. The summed E-state index contributed by atoms with van der Waals surface area (Å²) in [5, 5.41) is 2.63. The Bertz CT molecular complexity index is 754. The van der Waals surface area contributed by atoms with Gasteiger partial charge in [0.25, 0.3) is 0 Å². The van der Waals surface area contributed by atoms with E-state index in [2.05, 4.69) is 4.98 Å². The molecule has 0 aliphatic carbocycles. The lowest BCUT2D eigenvalue weighted by Crippen LogP contribution is -2.06. The van der Waals surface area contributed by atoms with E-state index in [-0.39, 0.29) is 11.0 Å². The molecule has 0 aliphatic rings. The summed E-state index contributed by atoms with van der Waals surface area (Å²) in [4.78, 5) is 25.6. The maximum absolute atomic E-state index is 11.9. The van der Waals surface area contributed by atoms with Crippen molar-refractivity contribution in [2.45, 2.75) is 0 Å². The quantitative estimate of drug-likeness (QED) is 0.652. The number of nitrogens with one attached hydrogen (secondary N) is 1. The molecule has 16 heavy (non-hydrogen) atoms. The van der Waals surface area contributed by atoms with Gasteiger partial charge in [0.2, 0.25) is 5.43 Å². The van der Waals surface area contributed by atoms with Crippen molar-refractivity contribution in [3.05, 3.63) is 45.4 Å². The second-order valence-electron chi connectivity index (χ2n) is 3.51. The Labute approximate surface area is 94.3 Å². The zero-order valence-corrected chi connectivity index (χ0v) is 9.01. The average Bonchev–Trinajstić information content (AvgIpc) is 2.69. The summed E-state index contributed by atoms with van der Waals surface area (Å²) in [6.07, 6.45) is 0.601. The zero-order valence-electron chi connectivity index (χ0n) is 8.19. The Hall–Kier alpha value is -1.94. The fraction of sp³-hybridized carbons (Fsp3) is 0. The zero-order chi connectivity index (χ0) is 11.1. The lowest BCUT2D eigenvalue weighted by atomic mass is 10.2. The Morgan fingerprint density at radius 1 is 1.25 bits per heavy atom. The third kappa shape index (κ3) is 1.13. The first-order valence-electron chi connectivity index (χ1n) is 4.78. The predicted octanol–water partition coefficient (Wildman–Crippen LogP) is 2.56. The van der Waals surface area contributed by atoms with Gasteiger partial charge in [-0.1, -0.05) is 18.2 Å². The summed E-state index contributed by atoms with van der Waals surface area (Å²) in [7, 11) is 0. The first-order chi connectivity index (χ1) is 7.81. The lowest BCUT2D eigenvalue weighted by molar-refractivity contribution is 0.112. The molecule has 0 radical (unpaired) electrons. The highest BCUT2D eigenvalue weighted by molar-refractivity contribution is 7.17. The molecule has 1 aromatic carbocycles. The number of hydrogen-bond acceptors (Lipinski definition) is 3. The summed E-state index contributed by atoms with van der Waals surface area (Å²) in [6, 6.07) is 7.72. The summed E-state index contributed by atoms with van der Waals surface area (Å²) >= 11 is 1.42. The second-order valence-corrected chi connectivity index (χ2v) is 4.39. The van der Waals surface area contributed by atoms with Crippen LogP contribution in [-0.2, 0) is 0 Å². The number of aromatic amines is 1. The molecule has 2 heterocycles. The Balaban J connectivity index is 2.60. The minimum Gasteiger partial charge on any atom is -0.351 e. The van der Waals surface area contributed by atoms with Gasteiger partial charge in [0.05, 0.1) is 10.3 Å². The molecule has 0 amide bonds. The number of fused-ring (bicyclic) bond motifs is 3. The summed E-state index contributed by atoms with van der Waals surface area (Å²) < 4.78 is 0.909. The molecule has 3 nitrogen and oxygen atoms in total. The van der Waals surface area contributed by atoms with Crippen molar-refractivity contribution in [3.63, 3.8) is 0 Å².